The van der Waals surface area contributed by atoms with Crippen molar-refractivity contribution in [3.05, 3.63) is 95.1 Å². The van der Waals surface area contributed by atoms with E-state index in [9.17, 15) is 18.7 Å². The fourth-order valence-electron chi connectivity index (χ4n) is 3.74. The topological polar surface area (TPSA) is 77.8 Å². The van der Waals surface area contributed by atoms with Crippen LogP contribution in [0, 0.1) is 6.92 Å². The summed E-state index contributed by atoms with van der Waals surface area (Å²) in [5.41, 5.74) is 4.66. The summed E-state index contributed by atoms with van der Waals surface area (Å²) in [6.07, 6.45) is 4.23. The molecule has 2 N–H and O–H groups in total. The van der Waals surface area contributed by atoms with Gasteiger partial charge in [0.25, 0.3) is 11.3 Å². The second kappa shape index (κ2) is 10.9. The van der Waals surface area contributed by atoms with Gasteiger partial charge < -0.3 is 5.11 Å². The number of aryl methyl sites for hydroxylation is 3. The van der Waals surface area contributed by atoms with Crippen molar-refractivity contribution in [2.75, 3.05) is 4.31 Å². The van der Waals surface area contributed by atoms with Crippen molar-refractivity contribution < 1.29 is 18.7 Å². The number of para-hydroxylation sites is 1. The van der Waals surface area contributed by atoms with Gasteiger partial charge in [-0.2, -0.15) is 0 Å². The monoisotopic (exact) mass is 437 g/mol. The maximum absolute atomic E-state index is 12.2. The maximum Gasteiger partial charge on any atom is 0.335 e. The first kappa shape index (κ1) is 22.7. The molecule has 0 saturated carbocycles. The van der Waals surface area contributed by atoms with Gasteiger partial charge in [-0.05, 0) is 73.6 Å². The molecule has 1 atom stereocenters. The van der Waals surface area contributed by atoms with Crippen molar-refractivity contribution >= 4 is 28.6 Å². The van der Waals surface area contributed by atoms with Crippen LogP contribution in [0.2, 0.25) is 0 Å². The molecule has 0 saturated heterocycles. The Labute approximate surface area is 185 Å². The molecule has 31 heavy (non-hydrogen) atoms. The molecule has 0 fully saturated rings. The van der Waals surface area contributed by atoms with Crippen LogP contribution in [-0.4, -0.2) is 19.8 Å². The molecule has 6 heteroatoms. The smallest absolute Gasteiger partial charge is 0.335 e. The highest BCUT2D eigenvalue weighted by Crippen LogP contribution is 2.31. The van der Waals surface area contributed by atoms with E-state index in [1.165, 1.54) is 4.31 Å². The first-order valence-electron chi connectivity index (χ1n) is 10.3. The molecule has 5 nitrogen and oxygen atoms in total. The molecule has 0 heterocycles. The van der Waals surface area contributed by atoms with Gasteiger partial charge >= 0.3 is 5.97 Å². The van der Waals surface area contributed by atoms with E-state index in [0.29, 0.717) is 11.3 Å². The Hall–Kier alpha value is -2.96. The second-order valence-corrected chi connectivity index (χ2v) is 8.34. The summed E-state index contributed by atoms with van der Waals surface area (Å²) in [4.78, 5) is 11.3. The summed E-state index contributed by atoms with van der Waals surface area (Å²) in [5.74, 6) is -0.891. The highest BCUT2D eigenvalue weighted by molar-refractivity contribution is 7.81. The highest BCUT2D eigenvalue weighted by Gasteiger charge is 2.18. The van der Waals surface area contributed by atoms with E-state index in [0.717, 1.165) is 54.5 Å². The van der Waals surface area contributed by atoms with E-state index in [2.05, 4.69) is 0 Å². The van der Waals surface area contributed by atoms with E-state index in [-0.39, 0.29) is 0 Å². The van der Waals surface area contributed by atoms with Crippen LogP contribution in [0.1, 0.15) is 46.3 Å². The molecule has 1 unspecified atom stereocenters. The number of anilines is 2. The van der Waals surface area contributed by atoms with Crippen LogP contribution in [0.25, 0.3) is 0 Å². The van der Waals surface area contributed by atoms with Crippen molar-refractivity contribution in [3.63, 3.8) is 0 Å². The van der Waals surface area contributed by atoms with Crippen LogP contribution in [0.5, 0.6) is 0 Å². The summed E-state index contributed by atoms with van der Waals surface area (Å²) < 4.78 is 23.6. The van der Waals surface area contributed by atoms with Crippen molar-refractivity contribution in [2.45, 2.75) is 39.0 Å². The van der Waals surface area contributed by atoms with Crippen molar-refractivity contribution in [2.24, 2.45) is 0 Å². The van der Waals surface area contributed by atoms with Crippen LogP contribution in [-0.2, 0) is 24.1 Å². The predicted molar refractivity (Wildman–Crippen MR) is 125 cm³/mol. The van der Waals surface area contributed by atoms with Crippen LogP contribution >= 0.6 is 0 Å². The van der Waals surface area contributed by atoms with Crippen molar-refractivity contribution in [1.29, 1.82) is 0 Å². The number of nitrogens with zero attached hydrogens (tertiary/aromatic N) is 1. The number of carbonyl (C=O) groups is 1. The minimum Gasteiger partial charge on any atom is -0.478 e. The predicted octanol–water partition coefficient (Wildman–Crippen LogP) is 5.92. The van der Waals surface area contributed by atoms with E-state index >= 15 is 0 Å². The molecular formula is C25H27NO4S. The summed E-state index contributed by atoms with van der Waals surface area (Å²) >= 11 is -2.19. The third kappa shape index (κ3) is 6.03. The number of benzene rings is 3. The van der Waals surface area contributed by atoms with Gasteiger partial charge in [0.2, 0.25) is 0 Å². The molecule has 0 radical (unpaired) electrons. The van der Waals surface area contributed by atoms with Crippen LogP contribution < -0.4 is 4.31 Å². The van der Waals surface area contributed by atoms with Crippen LogP contribution in [0.3, 0.4) is 0 Å². The molecule has 0 amide bonds. The summed E-state index contributed by atoms with van der Waals surface area (Å²) in [5, 5.41) is 9.31. The zero-order valence-electron chi connectivity index (χ0n) is 17.5. The van der Waals surface area contributed by atoms with Gasteiger partial charge in [0.05, 0.1) is 16.9 Å². The van der Waals surface area contributed by atoms with Gasteiger partial charge in [-0.1, -0.05) is 55.0 Å². The fourth-order valence-corrected chi connectivity index (χ4v) is 4.38. The zero-order valence-corrected chi connectivity index (χ0v) is 18.3. The quantitative estimate of drug-likeness (QED) is 0.305. The number of unbranched alkanes of at least 4 members (excludes halogenated alkanes) is 2. The van der Waals surface area contributed by atoms with Gasteiger partial charge in [-0.3, -0.25) is 4.55 Å². The highest BCUT2D eigenvalue weighted by atomic mass is 32.2. The lowest BCUT2D eigenvalue weighted by molar-refractivity contribution is 0.0695. The molecule has 0 aromatic heterocycles. The minimum absolute atomic E-state index is 0.368. The molecule has 0 aliphatic rings. The third-order valence-corrected chi connectivity index (χ3v) is 5.96. The number of hydrogen-bond acceptors (Lipinski definition) is 2. The Morgan fingerprint density at radius 1 is 0.871 bits per heavy atom. The van der Waals surface area contributed by atoms with Gasteiger partial charge in [-0.15, -0.1) is 0 Å². The molecular weight excluding hydrogens is 410 g/mol. The van der Waals surface area contributed by atoms with Gasteiger partial charge in [0.1, 0.15) is 0 Å². The molecule has 3 rings (SSSR count). The molecule has 0 aliphatic carbocycles. The molecule has 0 aliphatic heterocycles. The number of carboxylic acid groups (broad SMARTS) is 1. The van der Waals surface area contributed by atoms with Crippen LogP contribution in [0.15, 0.2) is 72.8 Å². The number of aromatic carboxylic acids is 1. The van der Waals surface area contributed by atoms with E-state index < -0.39 is 17.2 Å². The molecule has 0 bridgehead atoms. The Bertz CT molecular complexity index is 1070. The first-order chi connectivity index (χ1) is 15.0. The van der Waals surface area contributed by atoms with Gasteiger partial charge in [0, 0.05) is 0 Å². The van der Waals surface area contributed by atoms with Crippen molar-refractivity contribution in [1.82, 2.24) is 0 Å². The average Bonchev–Trinajstić information content (AvgIpc) is 2.74. The first-order valence-corrected chi connectivity index (χ1v) is 11.4. The Morgan fingerprint density at radius 2 is 1.52 bits per heavy atom. The molecule has 0 spiro atoms. The van der Waals surface area contributed by atoms with Crippen LogP contribution in [0.4, 0.5) is 11.4 Å². The summed E-state index contributed by atoms with van der Waals surface area (Å²) in [6.45, 7) is 1.95. The maximum atomic E-state index is 12.2. The Morgan fingerprint density at radius 3 is 2.19 bits per heavy atom. The molecule has 3 aromatic rings. The number of hydrogen-bond donors (Lipinski definition) is 2. The number of carboxylic acids is 1. The molecule has 3 aromatic carbocycles. The standard InChI is InChI=1S/C25H27NO4S/c1-19-10-9-15-22(18-19)26(31(29)30)24-17-8-6-14-21(24)13-4-2-3-11-20-12-5-7-16-23(20)25(27)28/h5-10,12,14-18H,2-4,11,13H2,1H3,(H,27,28)(H,29,30). The second-order valence-electron chi connectivity index (χ2n) is 7.52. The van der Waals surface area contributed by atoms with E-state index in [1.807, 2.05) is 67.6 Å². The zero-order chi connectivity index (χ0) is 22.2. The number of rotatable bonds is 10. The van der Waals surface area contributed by atoms with E-state index in [1.54, 1.807) is 12.1 Å². The summed E-state index contributed by atoms with van der Waals surface area (Å²) in [7, 11) is 0. The van der Waals surface area contributed by atoms with Gasteiger partial charge in [0.15, 0.2) is 0 Å². The minimum atomic E-state index is -2.19. The lowest BCUT2D eigenvalue weighted by atomic mass is 9.99. The Balaban J connectivity index is 1.66. The fraction of sp³-hybridized carbons (Fsp3) is 0.240. The lowest BCUT2D eigenvalue weighted by Gasteiger charge is -2.23. The SMILES string of the molecule is Cc1cccc(N(c2ccccc2CCCCCc2ccccc2C(=O)O)S(=O)O)c1. The largest absolute Gasteiger partial charge is 0.478 e. The van der Waals surface area contributed by atoms with E-state index in [4.69, 9.17) is 0 Å². The molecule has 162 valence electrons. The Kier molecular flexibility index (Phi) is 7.98. The normalized spacial score (nSPS) is 11.8. The average molecular weight is 438 g/mol. The van der Waals surface area contributed by atoms with Crippen molar-refractivity contribution in [3.8, 4) is 0 Å². The van der Waals surface area contributed by atoms with Gasteiger partial charge in [-0.25, -0.2) is 13.3 Å². The lowest BCUT2D eigenvalue weighted by Crippen LogP contribution is -2.20. The summed E-state index contributed by atoms with van der Waals surface area (Å²) in [6, 6.07) is 22.4. The third-order valence-electron chi connectivity index (χ3n) is 5.24.